The molecule has 1 aliphatic heterocycles. The van der Waals surface area contributed by atoms with Crippen molar-refractivity contribution in [3.63, 3.8) is 0 Å². The van der Waals surface area contributed by atoms with Crippen molar-refractivity contribution in [2.24, 2.45) is 0 Å². The molecule has 0 radical (unpaired) electrons. The molecule has 4 heteroatoms. The van der Waals surface area contributed by atoms with Gasteiger partial charge >= 0.3 is 0 Å². The Morgan fingerprint density at radius 1 is 1.60 bits per heavy atom. The van der Waals surface area contributed by atoms with Crippen LogP contribution >= 0.6 is 0 Å². The second-order valence-corrected chi connectivity index (χ2v) is 5.57. The summed E-state index contributed by atoms with van der Waals surface area (Å²) in [6.07, 6.45) is 5.77. The van der Waals surface area contributed by atoms with Gasteiger partial charge in [0, 0.05) is 35.0 Å². The minimum Gasteiger partial charge on any atom is -0.316 e. The molecule has 0 bridgehead atoms. The first kappa shape index (κ1) is 10.8. The predicted octanol–water partition coefficient (Wildman–Crippen LogP) is 1.08. The third kappa shape index (κ3) is 3.11. The van der Waals surface area contributed by atoms with Crippen LogP contribution in [0.3, 0.4) is 0 Å². The van der Waals surface area contributed by atoms with Crippen molar-refractivity contribution in [2.75, 3.05) is 13.1 Å². The first-order valence-corrected chi connectivity index (χ1v) is 6.71. The van der Waals surface area contributed by atoms with E-state index in [4.69, 9.17) is 0 Å². The molecule has 0 spiro atoms. The highest BCUT2D eigenvalue weighted by Crippen LogP contribution is 2.12. The number of aromatic nitrogens is 1. The Labute approximate surface area is 92.8 Å². The third-order valence-electron chi connectivity index (χ3n) is 2.66. The van der Waals surface area contributed by atoms with Crippen LogP contribution in [0.25, 0.3) is 0 Å². The predicted molar refractivity (Wildman–Crippen MR) is 62.0 cm³/mol. The summed E-state index contributed by atoms with van der Waals surface area (Å²) in [5.74, 6) is 0.639. The van der Waals surface area contributed by atoms with Gasteiger partial charge in [-0.25, -0.2) is 0 Å². The SMILES string of the molecule is O=[S@](Cc1cccnc1)[C@H]1CCCNC1. The molecular weight excluding hydrogens is 208 g/mol. The zero-order valence-corrected chi connectivity index (χ0v) is 9.50. The van der Waals surface area contributed by atoms with Gasteiger partial charge in [0.25, 0.3) is 0 Å². The van der Waals surface area contributed by atoms with E-state index in [2.05, 4.69) is 10.3 Å². The van der Waals surface area contributed by atoms with E-state index in [0.29, 0.717) is 11.0 Å². The van der Waals surface area contributed by atoms with Crippen LogP contribution in [0, 0.1) is 0 Å². The van der Waals surface area contributed by atoms with Crippen LogP contribution in [0.2, 0.25) is 0 Å². The molecule has 0 aromatic carbocycles. The average molecular weight is 224 g/mol. The second kappa shape index (κ2) is 5.37. The van der Waals surface area contributed by atoms with Gasteiger partial charge in [0.15, 0.2) is 0 Å². The van der Waals surface area contributed by atoms with E-state index in [9.17, 15) is 4.21 Å². The van der Waals surface area contributed by atoms with Crippen LogP contribution < -0.4 is 5.32 Å². The highest BCUT2D eigenvalue weighted by molar-refractivity contribution is 7.84. The minimum absolute atomic E-state index is 0.318. The Kier molecular flexibility index (Phi) is 3.86. The van der Waals surface area contributed by atoms with Crippen LogP contribution in [-0.4, -0.2) is 27.5 Å². The Hall–Kier alpha value is -0.740. The number of piperidine rings is 1. The van der Waals surface area contributed by atoms with Gasteiger partial charge in [0.1, 0.15) is 0 Å². The molecule has 0 amide bonds. The molecule has 15 heavy (non-hydrogen) atoms. The summed E-state index contributed by atoms with van der Waals surface area (Å²) in [5.41, 5.74) is 1.07. The van der Waals surface area contributed by atoms with Crippen LogP contribution in [0.5, 0.6) is 0 Å². The van der Waals surface area contributed by atoms with Crippen molar-refractivity contribution in [3.8, 4) is 0 Å². The lowest BCUT2D eigenvalue weighted by Crippen LogP contribution is -2.36. The van der Waals surface area contributed by atoms with Gasteiger partial charge in [-0.05, 0) is 31.0 Å². The monoisotopic (exact) mass is 224 g/mol. The molecule has 0 aliphatic carbocycles. The molecule has 3 nitrogen and oxygen atoms in total. The summed E-state index contributed by atoms with van der Waals surface area (Å²) >= 11 is 0. The highest BCUT2D eigenvalue weighted by Gasteiger charge is 2.19. The lowest BCUT2D eigenvalue weighted by molar-refractivity contribution is 0.519. The Bertz CT molecular complexity index is 323. The lowest BCUT2D eigenvalue weighted by Gasteiger charge is -2.21. The molecule has 1 fully saturated rings. The van der Waals surface area contributed by atoms with Crippen LogP contribution in [0.1, 0.15) is 18.4 Å². The van der Waals surface area contributed by atoms with Crippen molar-refractivity contribution >= 4 is 10.8 Å². The molecular formula is C11H16N2OS. The topological polar surface area (TPSA) is 42.0 Å². The van der Waals surface area contributed by atoms with Gasteiger partial charge in [0.05, 0.1) is 5.75 Å². The number of nitrogens with zero attached hydrogens (tertiary/aromatic N) is 1. The number of nitrogens with one attached hydrogen (secondary N) is 1. The minimum atomic E-state index is -0.760. The Morgan fingerprint density at radius 2 is 2.53 bits per heavy atom. The molecule has 2 rings (SSSR count). The fourth-order valence-electron chi connectivity index (χ4n) is 1.81. The number of pyridine rings is 1. The van der Waals surface area contributed by atoms with E-state index in [1.54, 1.807) is 12.4 Å². The van der Waals surface area contributed by atoms with Crippen molar-refractivity contribution in [1.82, 2.24) is 10.3 Å². The van der Waals surface area contributed by atoms with Gasteiger partial charge in [-0.1, -0.05) is 6.07 Å². The van der Waals surface area contributed by atoms with E-state index < -0.39 is 10.8 Å². The molecule has 1 aromatic rings. The van der Waals surface area contributed by atoms with E-state index in [1.807, 2.05) is 12.1 Å². The van der Waals surface area contributed by atoms with Crippen molar-refractivity contribution in [2.45, 2.75) is 23.8 Å². The average Bonchev–Trinajstić information content (AvgIpc) is 2.31. The first-order valence-electron chi connectivity index (χ1n) is 5.33. The van der Waals surface area contributed by atoms with Crippen LogP contribution in [0.15, 0.2) is 24.5 Å². The summed E-state index contributed by atoms with van der Waals surface area (Å²) in [5, 5.41) is 3.61. The summed E-state index contributed by atoms with van der Waals surface area (Å²) in [7, 11) is -0.760. The molecule has 1 aromatic heterocycles. The molecule has 0 unspecified atom stereocenters. The van der Waals surface area contributed by atoms with E-state index in [1.165, 1.54) is 0 Å². The number of hydrogen-bond acceptors (Lipinski definition) is 3. The van der Waals surface area contributed by atoms with E-state index >= 15 is 0 Å². The van der Waals surface area contributed by atoms with Crippen molar-refractivity contribution < 1.29 is 4.21 Å². The zero-order chi connectivity index (χ0) is 10.5. The smallest absolute Gasteiger partial charge is 0.0504 e. The lowest BCUT2D eigenvalue weighted by atomic mass is 10.2. The second-order valence-electron chi connectivity index (χ2n) is 3.85. The molecule has 82 valence electrons. The van der Waals surface area contributed by atoms with E-state index in [-0.39, 0.29) is 0 Å². The highest BCUT2D eigenvalue weighted by atomic mass is 32.2. The molecule has 2 atom stereocenters. The normalized spacial score (nSPS) is 23.6. The summed E-state index contributed by atoms with van der Waals surface area (Å²) in [4.78, 5) is 4.03. The maximum Gasteiger partial charge on any atom is 0.0504 e. The summed E-state index contributed by atoms with van der Waals surface area (Å²) in [6, 6.07) is 3.88. The molecule has 2 heterocycles. The van der Waals surface area contributed by atoms with E-state index in [0.717, 1.165) is 31.5 Å². The van der Waals surface area contributed by atoms with Gasteiger partial charge in [-0.15, -0.1) is 0 Å². The Morgan fingerprint density at radius 3 is 3.20 bits per heavy atom. The zero-order valence-electron chi connectivity index (χ0n) is 8.69. The molecule has 1 N–H and O–H groups in total. The number of hydrogen-bond donors (Lipinski definition) is 1. The largest absolute Gasteiger partial charge is 0.316 e. The van der Waals surface area contributed by atoms with Crippen molar-refractivity contribution in [1.29, 1.82) is 0 Å². The van der Waals surface area contributed by atoms with Crippen molar-refractivity contribution in [3.05, 3.63) is 30.1 Å². The fourth-order valence-corrected chi connectivity index (χ4v) is 3.28. The maximum atomic E-state index is 12.0. The molecule has 1 saturated heterocycles. The number of rotatable bonds is 3. The summed E-state index contributed by atoms with van der Waals surface area (Å²) < 4.78 is 12.0. The van der Waals surface area contributed by atoms with Gasteiger partial charge < -0.3 is 5.32 Å². The fraction of sp³-hybridized carbons (Fsp3) is 0.545. The van der Waals surface area contributed by atoms with Crippen LogP contribution in [0.4, 0.5) is 0 Å². The quantitative estimate of drug-likeness (QED) is 0.835. The first-order chi connectivity index (χ1) is 7.36. The summed E-state index contributed by atoms with van der Waals surface area (Å²) in [6.45, 7) is 1.97. The van der Waals surface area contributed by atoms with Gasteiger partial charge in [-0.3, -0.25) is 9.19 Å². The van der Waals surface area contributed by atoms with Gasteiger partial charge in [0.2, 0.25) is 0 Å². The maximum absolute atomic E-state index is 12.0. The third-order valence-corrected chi connectivity index (χ3v) is 4.42. The van der Waals surface area contributed by atoms with Crippen LogP contribution in [-0.2, 0) is 16.6 Å². The molecule has 1 aliphatic rings. The van der Waals surface area contributed by atoms with Gasteiger partial charge in [-0.2, -0.15) is 0 Å². The Balaban J connectivity index is 1.91. The standard InChI is InChI=1S/C11H16N2OS/c14-15(11-4-2-6-13-8-11)9-10-3-1-5-12-7-10/h1,3,5,7,11,13H,2,4,6,8-9H2/t11-,15+/m0/s1. The molecule has 0 saturated carbocycles.